The Hall–Kier alpha value is -2.87. The number of rotatable bonds is 8. The maximum atomic E-state index is 13.5. The predicted octanol–water partition coefficient (Wildman–Crippen LogP) is 4.56. The monoisotopic (exact) mass is 544 g/mol. The van der Waals surface area contributed by atoms with Crippen molar-refractivity contribution in [1.82, 2.24) is 10.2 Å². The lowest BCUT2D eigenvalue weighted by molar-refractivity contribution is -0.147. The average molecular weight is 545 g/mol. The van der Waals surface area contributed by atoms with Gasteiger partial charge in [-0.15, -0.1) is 0 Å². The number of halogens is 1. The maximum absolute atomic E-state index is 13.5. The van der Waals surface area contributed by atoms with Crippen LogP contribution >= 0.6 is 15.9 Å². The molecule has 1 aliphatic rings. The molecule has 1 aliphatic heterocycles. The minimum atomic E-state index is -0.790. The summed E-state index contributed by atoms with van der Waals surface area (Å²) in [4.78, 5) is 41.3. The second-order valence-electron chi connectivity index (χ2n) is 9.32. The van der Waals surface area contributed by atoms with Gasteiger partial charge in [0.2, 0.25) is 11.8 Å². The summed E-state index contributed by atoms with van der Waals surface area (Å²) < 4.78 is 11.1. The van der Waals surface area contributed by atoms with E-state index in [1.807, 2.05) is 57.2 Å². The van der Waals surface area contributed by atoms with Crippen molar-refractivity contribution in [2.75, 3.05) is 14.2 Å². The second-order valence-corrected chi connectivity index (χ2v) is 10.2. The number of benzene rings is 2. The number of amides is 2. The van der Waals surface area contributed by atoms with Crippen molar-refractivity contribution >= 4 is 33.7 Å². The van der Waals surface area contributed by atoms with Crippen LogP contribution in [0.15, 0.2) is 46.9 Å². The van der Waals surface area contributed by atoms with Crippen molar-refractivity contribution in [3.63, 3.8) is 0 Å². The summed E-state index contributed by atoms with van der Waals surface area (Å²) in [5.74, 6) is -0.844. The Morgan fingerprint density at radius 2 is 1.80 bits per heavy atom. The smallest absolute Gasteiger partial charge is 0.311 e. The van der Waals surface area contributed by atoms with Gasteiger partial charge < -0.3 is 19.7 Å². The average Bonchev–Trinajstić information content (AvgIpc) is 3.23. The van der Waals surface area contributed by atoms with E-state index >= 15 is 0 Å². The standard InChI is InChI=1S/C27H33BrN2O5/c1-16(2)12-24(31)30-22(26(32)29-15-18-8-6-17(3)7-9-18)14-20(27(33)35-5)25(30)19-10-11-23(34-4)21(28)13-19/h6-11,13,16,20,22,25H,12,14-15H2,1-5H3,(H,29,32). The molecule has 7 nitrogen and oxygen atoms in total. The molecule has 35 heavy (non-hydrogen) atoms. The molecule has 3 unspecified atom stereocenters. The van der Waals surface area contributed by atoms with Crippen molar-refractivity contribution in [3.8, 4) is 5.75 Å². The number of carbonyl (C=O) groups excluding carboxylic acids is 3. The highest BCUT2D eigenvalue weighted by Crippen LogP contribution is 2.44. The molecular weight excluding hydrogens is 512 g/mol. The number of hydrogen-bond donors (Lipinski definition) is 1. The molecule has 8 heteroatoms. The molecule has 0 spiro atoms. The minimum absolute atomic E-state index is 0.0965. The molecule has 0 aromatic heterocycles. The van der Waals surface area contributed by atoms with E-state index in [1.165, 1.54) is 7.11 Å². The third kappa shape index (κ3) is 6.23. The third-order valence-corrected chi connectivity index (χ3v) is 6.90. The lowest BCUT2D eigenvalue weighted by atomic mass is 9.92. The Labute approximate surface area is 215 Å². The molecule has 0 bridgehead atoms. The van der Waals surface area contributed by atoms with Gasteiger partial charge >= 0.3 is 5.97 Å². The van der Waals surface area contributed by atoms with E-state index in [4.69, 9.17) is 9.47 Å². The Balaban J connectivity index is 1.97. The van der Waals surface area contributed by atoms with Gasteiger partial charge in [-0.1, -0.05) is 49.7 Å². The summed E-state index contributed by atoms with van der Waals surface area (Å²) >= 11 is 3.50. The first-order valence-corrected chi connectivity index (χ1v) is 12.5. The third-order valence-electron chi connectivity index (χ3n) is 6.28. The lowest BCUT2D eigenvalue weighted by Crippen LogP contribution is -2.47. The SMILES string of the molecule is COC(=O)C1CC(C(=O)NCc2ccc(C)cc2)N(C(=O)CC(C)C)C1c1ccc(OC)c(Br)c1. The van der Waals surface area contributed by atoms with Gasteiger partial charge in [-0.3, -0.25) is 14.4 Å². The number of hydrogen-bond acceptors (Lipinski definition) is 5. The molecule has 188 valence electrons. The van der Waals surface area contributed by atoms with Crippen LogP contribution in [0.1, 0.15) is 49.4 Å². The molecule has 1 fully saturated rings. The first kappa shape index (κ1) is 26.7. The molecule has 1 heterocycles. The van der Waals surface area contributed by atoms with E-state index in [9.17, 15) is 14.4 Å². The van der Waals surface area contributed by atoms with Crippen LogP contribution in [0.5, 0.6) is 5.75 Å². The molecule has 0 aliphatic carbocycles. The molecule has 2 amide bonds. The molecule has 2 aromatic rings. The van der Waals surface area contributed by atoms with Crippen molar-refractivity contribution < 1.29 is 23.9 Å². The van der Waals surface area contributed by atoms with Crippen LogP contribution < -0.4 is 10.1 Å². The Bertz CT molecular complexity index is 1070. The largest absolute Gasteiger partial charge is 0.496 e. The van der Waals surface area contributed by atoms with Crippen molar-refractivity contribution in [1.29, 1.82) is 0 Å². The number of methoxy groups -OCH3 is 2. The Morgan fingerprint density at radius 3 is 2.37 bits per heavy atom. The van der Waals surface area contributed by atoms with Crippen LogP contribution in [0.4, 0.5) is 0 Å². The number of carbonyl (C=O) groups is 3. The van der Waals surface area contributed by atoms with Gasteiger partial charge in [-0.05, 0) is 58.5 Å². The summed E-state index contributed by atoms with van der Waals surface area (Å²) in [6.45, 7) is 6.25. The molecule has 0 radical (unpaired) electrons. The first-order chi connectivity index (χ1) is 16.7. The fourth-order valence-corrected chi connectivity index (χ4v) is 5.09. The van der Waals surface area contributed by atoms with E-state index in [0.717, 1.165) is 16.7 Å². The molecular formula is C27H33BrN2O5. The van der Waals surface area contributed by atoms with E-state index in [-0.39, 0.29) is 30.6 Å². The van der Waals surface area contributed by atoms with Gasteiger partial charge in [-0.25, -0.2) is 0 Å². The molecule has 3 rings (SSSR count). The number of nitrogens with one attached hydrogen (secondary N) is 1. The van der Waals surface area contributed by atoms with Gasteiger partial charge in [0.1, 0.15) is 11.8 Å². The topological polar surface area (TPSA) is 84.9 Å². The summed E-state index contributed by atoms with van der Waals surface area (Å²) in [7, 11) is 2.90. The number of ether oxygens (including phenoxy) is 2. The number of likely N-dealkylation sites (tertiary alicyclic amines) is 1. The zero-order valence-electron chi connectivity index (χ0n) is 20.8. The predicted molar refractivity (Wildman–Crippen MR) is 137 cm³/mol. The van der Waals surface area contributed by atoms with Gasteiger partial charge in [0.05, 0.1) is 30.7 Å². The van der Waals surface area contributed by atoms with Gasteiger partial charge in [0.15, 0.2) is 0 Å². The fraction of sp³-hybridized carbons (Fsp3) is 0.444. The Kier molecular flexibility index (Phi) is 8.94. The molecule has 1 saturated heterocycles. The van der Waals surface area contributed by atoms with E-state index in [2.05, 4.69) is 21.2 Å². The van der Waals surface area contributed by atoms with E-state index < -0.39 is 24.0 Å². The summed E-state index contributed by atoms with van der Waals surface area (Å²) in [5, 5.41) is 2.96. The highest BCUT2D eigenvalue weighted by molar-refractivity contribution is 9.10. The van der Waals surface area contributed by atoms with Gasteiger partial charge in [0.25, 0.3) is 0 Å². The van der Waals surface area contributed by atoms with Crippen LogP contribution in [-0.4, -0.2) is 42.9 Å². The zero-order valence-corrected chi connectivity index (χ0v) is 22.4. The summed E-state index contributed by atoms with van der Waals surface area (Å²) in [6.07, 6.45) is 0.452. The summed E-state index contributed by atoms with van der Waals surface area (Å²) in [6, 6.07) is 11.9. The normalized spacial score (nSPS) is 19.5. The molecule has 1 N–H and O–H groups in total. The number of aryl methyl sites for hydroxylation is 1. The quantitative estimate of drug-likeness (QED) is 0.492. The maximum Gasteiger partial charge on any atom is 0.311 e. The van der Waals surface area contributed by atoms with Gasteiger partial charge in [0, 0.05) is 13.0 Å². The van der Waals surface area contributed by atoms with Crippen molar-refractivity contribution in [3.05, 3.63) is 63.6 Å². The van der Waals surface area contributed by atoms with E-state index in [1.54, 1.807) is 18.1 Å². The van der Waals surface area contributed by atoms with Crippen LogP contribution in [-0.2, 0) is 25.7 Å². The highest BCUT2D eigenvalue weighted by atomic mass is 79.9. The highest BCUT2D eigenvalue weighted by Gasteiger charge is 2.50. The van der Waals surface area contributed by atoms with Crippen molar-refractivity contribution in [2.24, 2.45) is 11.8 Å². The van der Waals surface area contributed by atoms with Gasteiger partial charge in [-0.2, -0.15) is 0 Å². The summed E-state index contributed by atoms with van der Waals surface area (Å²) in [5.41, 5.74) is 2.83. The Morgan fingerprint density at radius 1 is 1.11 bits per heavy atom. The van der Waals surface area contributed by atoms with Crippen LogP contribution in [0.2, 0.25) is 0 Å². The van der Waals surface area contributed by atoms with E-state index in [0.29, 0.717) is 16.8 Å². The van der Waals surface area contributed by atoms with Crippen LogP contribution in [0.25, 0.3) is 0 Å². The number of esters is 1. The minimum Gasteiger partial charge on any atom is -0.496 e. The second kappa shape index (κ2) is 11.7. The first-order valence-electron chi connectivity index (χ1n) is 11.7. The number of nitrogens with zero attached hydrogens (tertiary/aromatic N) is 1. The molecule has 0 saturated carbocycles. The fourth-order valence-electron chi connectivity index (χ4n) is 4.54. The van der Waals surface area contributed by atoms with Crippen molar-refractivity contribution in [2.45, 2.75) is 52.2 Å². The van der Waals surface area contributed by atoms with Crippen LogP contribution in [0, 0.1) is 18.8 Å². The zero-order chi connectivity index (χ0) is 25.7. The van der Waals surface area contributed by atoms with Crippen LogP contribution in [0.3, 0.4) is 0 Å². The lowest BCUT2D eigenvalue weighted by Gasteiger charge is -2.32. The molecule has 2 aromatic carbocycles. The molecule has 3 atom stereocenters.